The Morgan fingerprint density at radius 2 is 1.50 bits per heavy atom. The molecule has 0 saturated heterocycles. The molecule has 4 rings (SSSR count). The van der Waals surface area contributed by atoms with E-state index in [2.05, 4.69) is 20.8 Å². The Morgan fingerprint density at radius 3 is 2.08 bits per heavy atom. The Morgan fingerprint density at radius 1 is 0.917 bits per heavy atom. The number of carbonyl (C=O) groups is 1. The molecule has 210 valence electrons. The van der Waals surface area contributed by atoms with Crippen molar-refractivity contribution in [1.82, 2.24) is 0 Å². The Balaban J connectivity index is 0.000000658. The predicted octanol–water partition coefficient (Wildman–Crippen LogP) is 4.68. The van der Waals surface area contributed by atoms with Crippen molar-refractivity contribution in [2.45, 2.75) is 97.5 Å². The van der Waals surface area contributed by atoms with Gasteiger partial charge in [0.2, 0.25) is 0 Å². The van der Waals surface area contributed by atoms with Gasteiger partial charge in [-0.15, -0.1) is 0 Å². The van der Waals surface area contributed by atoms with Crippen molar-refractivity contribution < 1.29 is 44.6 Å². The average molecular weight is 555 g/mol. The maximum Gasteiger partial charge on any atom is 0.397 e. The molecule has 0 radical (unpaired) electrons. The first-order valence-corrected chi connectivity index (χ1v) is 15.8. The van der Waals surface area contributed by atoms with Crippen molar-refractivity contribution in [3.8, 4) is 0 Å². The third-order valence-corrected chi connectivity index (χ3v) is 11.0. The SMILES string of the molecule is C[C@H](CCC(=O)O)[C@H]1CC[C@H]2[C@@H]3CCC4C[C@H](OS(=O)(=O)O)CC[C@]4(C)[C@H]3CC[C@]12C.O=S(=O)(O)O. The van der Waals surface area contributed by atoms with E-state index in [0.717, 1.165) is 37.5 Å². The fourth-order valence-corrected chi connectivity index (χ4v) is 9.52. The lowest BCUT2D eigenvalue weighted by molar-refractivity contribution is -0.138. The summed E-state index contributed by atoms with van der Waals surface area (Å²) >= 11 is 0. The van der Waals surface area contributed by atoms with Gasteiger partial charge in [0.25, 0.3) is 0 Å². The number of hydrogen-bond donors (Lipinski definition) is 4. The molecule has 0 aromatic carbocycles. The van der Waals surface area contributed by atoms with Crippen LogP contribution in [-0.2, 0) is 29.8 Å². The third kappa shape index (κ3) is 6.79. The van der Waals surface area contributed by atoms with Gasteiger partial charge in [-0.2, -0.15) is 16.8 Å². The van der Waals surface area contributed by atoms with Gasteiger partial charge >= 0.3 is 26.8 Å². The fraction of sp³-hybridized carbons (Fsp3) is 0.958. The molecule has 4 aliphatic carbocycles. The summed E-state index contributed by atoms with van der Waals surface area (Å²) in [6, 6.07) is 0. The topological polar surface area (TPSA) is 175 Å². The monoisotopic (exact) mass is 554 g/mol. The third-order valence-electron chi connectivity index (χ3n) is 10.4. The van der Waals surface area contributed by atoms with Crippen LogP contribution < -0.4 is 0 Å². The molecule has 0 bridgehead atoms. The number of rotatable bonds is 6. The predicted molar refractivity (Wildman–Crippen MR) is 132 cm³/mol. The van der Waals surface area contributed by atoms with Crippen LogP contribution in [0.25, 0.3) is 0 Å². The molecule has 0 aromatic rings. The van der Waals surface area contributed by atoms with E-state index in [1.54, 1.807) is 0 Å². The maximum atomic E-state index is 11.2. The molecule has 0 spiro atoms. The van der Waals surface area contributed by atoms with Crippen molar-refractivity contribution in [2.75, 3.05) is 0 Å². The standard InChI is InChI=1S/C24H40O6S.H2O4S/c1-15(4-9-22(25)26)19-7-8-20-18-6-5-16-14-17(30-31(27,28)29)10-12-23(16,2)21(18)11-13-24(19,20)3;1-5(2,3)4/h15-21H,4-14H2,1-3H3,(H,25,26)(H,27,28,29);(H2,1,2,3,4)/t15-,16?,17-,18+,19-,20+,21+,23+,24-;/m1./s1. The number of carboxylic acid groups (broad SMARTS) is 1. The van der Waals surface area contributed by atoms with Crippen LogP contribution in [0.2, 0.25) is 0 Å². The smallest absolute Gasteiger partial charge is 0.397 e. The molecule has 4 fully saturated rings. The van der Waals surface area contributed by atoms with Crippen molar-refractivity contribution in [2.24, 2.45) is 46.3 Å². The van der Waals surface area contributed by atoms with Gasteiger partial charge in [0, 0.05) is 6.42 Å². The van der Waals surface area contributed by atoms with E-state index in [9.17, 15) is 13.2 Å². The van der Waals surface area contributed by atoms with Gasteiger partial charge in [0.1, 0.15) is 0 Å². The highest BCUT2D eigenvalue weighted by Gasteiger charge is 2.60. The average Bonchev–Trinajstić information content (AvgIpc) is 3.07. The molecule has 4 aliphatic rings. The number of carboxylic acids is 1. The molecular formula is C24H42O10S2. The first kappa shape index (κ1) is 29.8. The maximum absolute atomic E-state index is 11.2. The van der Waals surface area contributed by atoms with E-state index in [1.165, 1.54) is 32.1 Å². The molecule has 0 amide bonds. The van der Waals surface area contributed by atoms with E-state index in [0.29, 0.717) is 35.5 Å². The Kier molecular flexibility index (Phi) is 8.90. The summed E-state index contributed by atoms with van der Waals surface area (Å²) in [6.45, 7) is 7.19. The van der Waals surface area contributed by atoms with Crippen LogP contribution in [0, 0.1) is 46.3 Å². The van der Waals surface area contributed by atoms with E-state index < -0.39 is 26.8 Å². The lowest BCUT2D eigenvalue weighted by Crippen LogP contribution is -2.54. The second-order valence-electron chi connectivity index (χ2n) is 12.2. The van der Waals surface area contributed by atoms with Gasteiger partial charge in [-0.05, 0) is 111 Å². The minimum Gasteiger partial charge on any atom is -0.481 e. The highest BCUT2D eigenvalue weighted by atomic mass is 32.3. The van der Waals surface area contributed by atoms with E-state index >= 15 is 0 Å². The van der Waals surface area contributed by atoms with Crippen molar-refractivity contribution >= 4 is 26.8 Å². The summed E-state index contributed by atoms with van der Waals surface area (Å²) in [5.41, 5.74) is 0.559. The van der Waals surface area contributed by atoms with Crippen LogP contribution in [0.3, 0.4) is 0 Å². The van der Waals surface area contributed by atoms with Crippen molar-refractivity contribution in [1.29, 1.82) is 0 Å². The first-order valence-electron chi connectivity index (χ1n) is 13.0. The molecular weight excluding hydrogens is 512 g/mol. The molecule has 0 aromatic heterocycles. The van der Waals surface area contributed by atoms with E-state index in [-0.39, 0.29) is 17.9 Å². The summed E-state index contributed by atoms with van der Waals surface area (Å²) in [6.07, 6.45) is 10.4. The Hall–Kier alpha value is -0.790. The summed E-state index contributed by atoms with van der Waals surface area (Å²) < 4.78 is 68.0. The number of fused-ring (bicyclic) bond motifs is 5. The molecule has 9 atom stereocenters. The number of hydrogen-bond acceptors (Lipinski definition) is 6. The van der Waals surface area contributed by atoms with Crippen LogP contribution in [0.4, 0.5) is 0 Å². The Labute approximate surface area is 215 Å². The van der Waals surface area contributed by atoms with Gasteiger partial charge in [-0.25, -0.2) is 4.18 Å². The molecule has 0 aliphatic heterocycles. The number of aliphatic carboxylic acids is 1. The summed E-state index contributed by atoms with van der Waals surface area (Å²) in [5.74, 6) is 3.01. The van der Waals surface area contributed by atoms with Crippen molar-refractivity contribution in [3.05, 3.63) is 0 Å². The van der Waals surface area contributed by atoms with Crippen LogP contribution in [0.15, 0.2) is 0 Å². The first-order chi connectivity index (χ1) is 16.4. The Bertz CT molecular complexity index is 1000. The van der Waals surface area contributed by atoms with Crippen LogP contribution in [0.5, 0.6) is 0 Å². The van der Waals surface area contributed by atoms with E-state index in [1.807, 2.05) is 0 Å². The highest BCUT2D eigenvalue weighted by molar-refractivity contribution is 7.81. The fourth-order valence-electron chi connectivity index (χ4n) is 9.01. The summed E-state index contributed by atoms with van der Waals surface area (Å²) in [7, 11) is -9.05. The van der Waals surface area contributed by atoms with Crippen LogP contribution in [0.1, 0.15) is 91.4 Å². The zero-order chi connectivity index (χ0) is 27.1. The molecule has 4 N–H and O–H groups in total. The minimum absolute atomic E-state index is 0.232. The van der Waals surface area contributed by atoms with Crippen LogP contribution in [-0.4, -0.2) is 47.7 Å². The molecule has 12 heteroatoms. The molecule has 10 nitrogen and oxygen atoms in total. The van der Waals surface area contributed by atoms with Gasteiger partial charge in [-0.1, -0.05) is 20.8 Å². The quantitative estimate of drug-likeness (QED) is 0.337. The van der Waals surface area contributed by atoms with Gasteiger partial charge < -0.3 is 5.11 Å². The highest BCUT2D eigenvalue weighted by Crippen LogP contribution is 2.68. The lowest BCUT2D eigenvalue weighted by Gasteiger charge is -2.61. The zero-order valence-electron chi connectivity index (χ0n) is 21.4. The minimum atomic E-state index is -4.67. The van der Waals surface area contributed by atoms with Gasteiger partial charge in [-0.3, -0.25) is 18.5 Å². The molecule has 0 heterocycles. The largest absolute Gasteiger partial charge is 0.481 e. The second-order valence-corrected chi connectivity index (χ2v) is 14.1. The zero-order valence-corrected chi connectivity index (χ0v) is 23.0. The van der Waals surface area contributed by atoms with Crippen molar-refractivity contribution in [3.63, 3.8) is 0 Å². The second kappa shape index (κ2) is 10.8. The molecule has 36 heavy (non-hydrogen) atoms. The molecule has 1 unspecified atom stereocenters. The summed E-state index contributed by atoms with van der Waals surface area (Å²) in [4.78, 5) is 11.1. The normalized spacial score (nSPS) is 41.2. The van der Waals surface area contributed by atoms with Gasteiger partial charge in [0.05, 0.1) is 6.10 Å². The lowest BCUT2D eigenvalue weighted by atomic mass is 9.44. The molecule has 4 saturated carbocycles. The summed E-state index contributed by atoms with van der Waals surface area (Å²) in [5, 5.41) is 9.12. The van der Waals surface area contributed by atoms with Crippen LogP contribution >= 0.6 is 0 Å². The van der Waals surface area contributed by atoms with Gasteiger partial charge in [0.15, 0.2) is 0 Å². The van der Waals surface area contributed by atoms with E-state index in [4.69, 9.17) is 31.4 Å².